The normalized spacial score (nSPS) is 10.6. The molecule has 0 bridgehead atoms. The number of anilines is 1. The van der Waals surface area contributed by atoms with E-state index in [0.717, 1.165) is 0 Å². The highest BCUT2D eigenvalue weighted by Gasteiger charge is 2.05. The SMILES string of the molecule is C=C(Cl)/C=C\c1nc(NC(=O)CBr)cn1N. The Labute approximate surface area is 106 Å². The molecule has 86 valence electrons. The Morgan fingerprint density at radius 3 is 3.06 bits per heavy atom. The van der Waals surface area contributed by atoms with Crippen LogP contribution in [0.25, 0.3) is 6.08 Å². The predicted octanol–water partition coefficient (Wildman–Crippen LogP) is 1.70. The number of imidazole rings is 1. The number of hydrogen-bond acceptors (Lipinski definition) is 3. The lowest BCUT2D eigenvalue weighted by atomic mass is 10.4. The third-order valence-electron chi connectivity index (χ3n) is 1.56. The highest BCUT2D eigenvalue weighted by molar-refractivity contribution is 9.09. The van der Waals surface area contributed by atoms with Gasteiger partial charge in [0.05, 0.1) is 11.5 Å². The summed E-state index contributed by atoms with van der Waals surface area (Å²) in [6.07, 6.45) is 4.65. The monoisotopic (exact) mass is 304 g/mol. The van der Waals surface area contributed by atoms with E-state index in [4.69, 9.17) is 17.4 Å². The van der Waals surface area contributed by atoms with Crippen LogP contribution in [0, 0.1) is 0 Å². The number of nitrogens with one attached hydrogen (secondary N) is 1. The zero-order chi connectivity index (χ0) is 12.1. The minimum absolute atomic E-state index is 0.199. The van der Waals surface area contributed by atoms with Crippen molar-refractivity contribution in [2.24, 2.45) is 0 Å². The molecule has 1 amide bonds. The standard InChI is InChI=1S/C9H10BrClN4O/c1-6(11)2-3-8-13-7(5-15(8)12)14-9(16)4-10/h2-3,5H,1,4,12H2,(H,14,16)/b3-2-. The van der Waals surface area contributed by atoms with Crippen molar-refractivity contribution in [3.8, 4) is 0 Å². The van der Waals surface area contributed by atoms with Crippen LogP contribution in [-0.4, -0.2) is 20.9 Å². The van der Waals surface area contributed by atoms with Gasteiger partial charge < -0.3 is 11.2 Å². The number of amides is 1. The summed E-state index contributed by atoms with van der Waals surface area (Å²) in [5.41, 5.74) is 0. The third-order valence-corrected chi connectivity index (χ3v) is 2.20. The molecule has 0 aliphatic heterocycles. The van der Waals surface area contributed by atoms with Crippen LogP contribution < -0.4 is 11.2 Å². The molecule has 0 unspecified atom stereocenters. The smallest absolute Gasteiger partial charge is 0.236 e. The molecule has 1 aromatic rings. The number of nitrogen functional groups attached to an aromatic ring is 1. The van der Waals surface area contributed by atoms with Crippen molar-refractivity contribution in [3.05, 3.63) is 29.7 Å². The second-order valence-corrected chi connectivity index (χ2v) is 3.90. The molecule has 1 rings (SSSR count). The molecular formula is C9H10BrClN4O. The minimum atomic E-state index is -0.199. The Bertz CT molecular complexity index is 441. The molecule has 0 saturated carbocycles. The molecule has 7 heteroatoms. The van der Waals surface area contributed by atoms with Gasteiger partial charge in [0.15, 0.2) is 11.6 Å². The molecule has 0 aromatic carbocycles. The molecule has 1 aromatic heterocycles. The molecule has 0 atom stereocenters. The quantitative estimate of drug-likeness (QED) is 0.505. The molecule has 1 heterocycles. The summed E-state index contributed by atoms with van der Waals surface area (Å²) < 4.78 is 1.28. The highest BCUT2D eigenvalue weighted by atomic mass is 79.9. The molecule has 0 spiro atoms. The molecule has 3 N–H and O–H groups in total. The number of nitrogens with zero attached hydrogens (tertiary/aromatic N) is 2. The zero-order valence-electron chi connectivity index (χ0n) is 8.28. The number of halogens is 2. The Morgan fingerprint density at radius 1 is 1.81 bits per heavy atom. The van der Waals surface area contributed by atoms with Crippen molar-refractivity contribution in [1.82, 2.24) is 9.66 Å². The topological polar surface area (TPSA) is 72.9 Å². The van der Waals surface area contributed by atoms with E-state index in [9.17, 15) is 4.79 Å². The average molecular weight is 306 g/mol. The lowest BCUT2D eigenvalue weighted by Gasteiger charge is -1.94. The van der Waals surface area contributed by atoms with Gasteiger partial charge in [-0.1, -0.05) is 34.1 Å². The fourth-order valence-electron chi connectivity index (χ4n) is 0.933. The molecule has 0 aliphatic rings. The van der Waals surface area contributed by atoms with Crippen LogP contribution in [0.5, 0.6) is 0 Å². The molecule has 16 heavy (non-hydrogen) atoms. The van der Waals surface area contributed by atoms with Crippen LogP contribution in [0.4, 0.5) is 5.82 Å². The lowest BCUT2D eigenvalue weighted by molar-refractivity contribution is -0.113. The van der Waals surface area contributed by atoms with Gasteiger partial charge in [-0.3, -0.25) is 4.79 Å². The molecule has 0 radical (unpaired) electrons. The first-order valence-corrected chi connectivity index (χ1v) is 5.75. The Balaban J connectivity index is 2.81. The number of nitrogens with two attached hydrogens (primary N) is 1. The van der Waals surface area contributed by atoms with E-state index in [1.54, 1.807) is 12.2 Å². The van der Waals surface area contributed by atoms with Crippen LogP contribution >= 0.6 is 27.5 Å². The van der Waals surface area contributed by atoms with Gasteiger partial charge in [0.1, 0.15) is 0 Å². The number of hydrogen-bond donors (Lipinski definition) is 2. The van der Waals surface area contributed by atoms with Crippen molar-refractivity contribution in [2.45, 2.75) is 0 Å². The first kappa shape index (κ1) is 12.8. The van der Waals surface area contributed by atoms with Gasteiger partial charge in [0.2, 0.25) is 5.91 Å². The van der Waals surface area contributed by atoms with Crippen LogP contribution in [0.3, 0.4) is 0 Å². The van der Waals surface area contributed by atoms with E-state index >= 15 is 0 Å². The summed E-state index contributed by atoms with van der Waals surface area (Å²) in [6.45, 7) is 3.49. The van der Waals surface area contributed by atoms with Crippen LogP contribution in [0.1, 0.15) is 5.82 Å². The lowest BCUT2D eigenvalue weighted by Crippen LogP contribution is -2.12. The number of alkyl halides is 1. The summed E-state index contributed by atoms with van der Waals surface area (Å²) in [4.78, 5) is 15.1. The Kier molecular flexibility index (Phi) is 4.57. The van der Waals surface area contributed by atoms with Crippen LogP contribution in [0.2, 0.25) is 0 Å². The summed E-state index contributed by atoms with van der Waals surface area (Å²) in [5, 5.41) is 3.13. The predicted molar refractivity (Wildman–Crippen MR) is 68.8 cm³/mol. The first-order valence-electron chi connectivity index (χ1n) is 4.25. The summed E-state index contributed by atoms with van der Waals surface area (Å²) in [7, 11) is 0. The van der Waals surface area contributed by atoms with Crippen molar-refractivity contribution in [2.75, 3.05) is 16.5 Å². The molecule has 0 aliphatic carbocycles. The van der Waals surface area contributed by atoms with Crippen LogP contribution in [-0.2, 0) is 4.79 Å². The summed E-state index contributed by atoms with van der Waals surface area (Å²) in [6, 6.07) is 0. The second-order valence-electron chi connectivity index (χ2n) is 2.85. The van der Waals surface area contributed by atoms with Crippen molar-refractivity contribution < 1.29 is 4.79 Å². The van der Waals surface area contributed by atoms with E-state index in [2.05, 4.69) is 32.8 Å². The fraction of sp³-hybridized carbons (Fsp3) is 0.111. The fourth-order valence-corrected chi connectivity index (χ4v) is 1.14. The van der Waals surface area contributed by atoms with Crippen molar-refractivity contribution in [3.63, 3.8) is 0 Å². The van der Waals surface area contributed by atoms with Gasteiger partial charge in [0.25, 0.3) is 0 Å². The van der Waals surface area contributed by atoms with E-state index in [0.29, 0.717) is 16.7 Å². The first-order chi connectivity index (χ1) is 7.52. The number of aromatic nitrogens is 2. The van der Waals surface area contributed by atoms with Crippen LogP contribution in [0.15, 0.2) is 23.9 Å². The van der Waals surface area contributed by atoms with Gasteiger partial charge in [-0.15, -0.1) is 0 Å². The van der Waals surface area contributed by atoms with Crippen molar-refractivity contribution in [1.29, 1.82) is 0 Å². The largest absolute Gasteiger partial charge is 0.338 e. The highest BCUT2D eigenvalue weighted by Crippen LogP contribution is 2.09. The second kappa shape index (κ2) is 5.72. The number of rotatable bonds is 4. The van der Waals surface area contributed by atoms with Gasteiger partial charge in [-0.05, 0) is 12.2 Å². The number of carbonyl (C=O) groups is 1. The van der Waals surface area contributed by atoms with Crippen molar-refractivity contribution >= 4 is 45.3 Å². The van der Waals surface area contributed by atoms with Gasteiger partial charge in [-0.2, -0.15) is 0 Å². The molecule has 0 saturated heterocycles. The maximum Gasteiger partial charge on any atom is 0.236 e. The van der Waals surface area contributed by atoms with E-state index in [1.165, 1.54) is 10.9 Å². The third kappa shape index (κ3) is 3.71. The van der Waals surface area contributed by atoms with E-state index in [1.807, 2.05) is 0 Å². The van der Waals surface area contributed by atoms with Gasteiger partial charge in [0, 0.05) is 5.03 Å². The van der Waals surface area contributed by atoms with E-state index in [-0.39, 0.29) is 11.2 Å². The zero-order valence-corrected chi connectivity index (χ0v) is 10.6. The number of carbonyl (C=O) groups excluding carboxylic acids is 1. The summed E-state index contributed by atoms with van der Waals surface area (Å²) in [5.74, 6) is 6.26. The Morgan fingerprint density at radius 2 is 2.50 bits per heavy atom. The molecular weight excluding hydrogens is 295 g/mol. The number of allylic oxidation sites excluding steroid dienone is 2. The molecule has 5 nitrogen and oxygen atoms in total. The Hall–Kier alpha value is -1.27. The maximum atomic E-state index is 11.1. The van der Waals surface area contributed by atoms with Gasteiger partial charge >= 0.3 is 0 Å². The summed E-state index contributed by atoms with van der Waals surface area (Å²) >= 11 is 8.59. The van der Waals surface area contributed by atoms with E-state index < -0.39 is 0 Å². The minimum Gasteiger partial charge on any atom is -0.338 e. The average Bonchev–Trinajstić information content (AvgIpc) is 2.55. The maximum absolute atomic E-state index is 11.1. The van der Waals surface area contributed by atoms with Gasteiger partial charge in [-0.25, -0.2) is 9.66 Å². The molecule has 0 fully saturated rings.